The molecule has 30 heavy (non-hydrogen) atoms. The molecule has 0 spiro atoms. The standard InChI is InChI=1S/C23H28N6O/c1-16-20-17(2)29(19-10-4-3-5-11-19)26-21(20)22(25-24-16)28-14-8-9-18(15-28)23(30)27-12-6-7-13-27/h3-5,10-11,18H,6-9,12-15H2,1-2H3. The molecule has 3 aromatic rings. The van der Waals surface area contributed by atoms with E-state index in [-0.39, 0.29) is 5.92 Å². The molecular formula is C23H28N6O. The molecule has 2 fully saturated rings. The van der Waals surface area contributed by atoms with Crippen LogP contribution in [0.25, 0.3) is 16.6 Å². The predicted octanol–water partition coefficient (Wildman–Crippen LogP) is 3.27. The molecule has 4 heterocycles. The van der Waals surface area contributed by atoms with Crippen LogP contribution < -0.4 is 4.90 Å². The second-order valence-electron chi connectivity index (χ2n) is 8.48. The molecule has 2 saturated heterocycles. The van der Waals surface area contributed by atoms with Crippen LogP contribution in [0.3, 0.4) is 0 Å². The van der Waals surface area contributed by atoms with Gasteiger partial charge in [-0.2, -0.15) is 10.2 Å². The van der Waals surface area contributed by atoms with Gasteiger partial charge in [-0.15, -0.1) is 5.10 Å². The van der Waals surface area contributed by atoms with E-state index in [1.54, 1.807) is 0 Å². The maximum Gasteiger partial charge on any atom is 0.227 e. The molecule has 0 aliphatic carbocycles. The summed E-state index contributed by atoms with van der Waals surface area (Å²) in [7, 11) is 0. The summed E-state index contributed by atoms with van der Waals surface area (Å²) in [5, 5.41) is 15.0. The minimum atomic E-state index is 0.0345. The van der Waals surface area contributed by atoms with Crippen LogP contribution in [0.5, 0.6) is 0 Å². The van der Waals surface area contributed by atoms with Crippen molar-refractivity contribution in [1.82, 2.24) is 24.9 Å². The van der Waals surface area contributed by atoms with Crippen molar-refractivity contribution in [3.8, 4) is 5.69 Å². The lowest BCUT2D eigenvalue weighted by Crippen LogP contribution is -2.44. The molecule has 0 radical (unpaired) electrons. The number of anilines is 1. The summed E-state index contributed by atoms with van der Waals surface area (Å²) in [4.78, 5) is 17.2. The van der Waals surface area contributed by atoms with Gasteiger partial charge in [0.15, 0.2) is 5.82 Å². The van der Waals surface area contributed by atoms with E-state index in [4.69, 9.17) is 5.10 Å². The summed E-state index contributed by atoms with van der Waals surface area (Å²) in [5.74, 6) is 1.14. The number of hydrogen-bond acceptors (Lipinski definition) is 5. The largest absolute Gasteiger partial charge is 0.352 e. The van der Waals surface area contributed by atoms with Gasteiger partial charge in [-0.25, -0.2) is 4.68 Å². The first-order chi connectivity index (χ1) is 14.6. The van der Waals surface area contributed by atoms with Crippen molar-refractivity contribution >= 4 is 22.6 Å². The lowest BCUT2D eigenvalue weighted by Gasteiger charge is -2.34. The van der Waals surface area contributed by atoms with Crippen molar-refractivity contribution in [2.45, 2.75) is 39.5 Å². The molecule has 1 atom stereocenters. The van der Waals surface area contributed by atoms with E-state index in [1.807, 2.05) is 34.7 Å². The number of hydrogen-bond donors (Lipinski definition) is 0. The van der Waals surface area contributed by atoms with Gasteiger partial charge in [-0.1, -0.05) is 18.2 Å². The Labute approximate surface area is 176 Å². The quantitative estimate of drug-likeness (QED) is 0.670. The van der Waals surface area contributed by atoms with Crippen LogP contribution in [0, 0.1) is 19.8 Å². The van der Waals surface area contributed by atoms with E-state index < -0.39 is 0 Å². The first-order valence-corrected chi connectivity index (χ1v) is 11.0. The molecule has 2 aromatic heterocycles. The van der Waals surface area contributed by atoms with Gasteiger partial charge < -0.3 is 9.80 Å². The molecule has 156 valence electrons. The minimum absolute atomic E-state index is 0.0345. The van der Waals surface area contributed by atoms with Crippen molar-refractivity contribution in [1.29, 1.82) is 0 Å². The zero-order chi connectivity index (χ0) is 20.7. The number of fused-ring (bicyclic) bond motifs is 1. The molecule has 1 amide bonds. The fourth-order valence-electron chi connectivity index (χ4n) is 4.91. The van der Waals surface area contributed by atoms with E-state index >= 15 is 0 Å². The van der Waals surface area contributed by atoms with Gasteiger partial charge in [0, 0.05) is 26.2 Å². The van der Waals surface area contributed by atoms with Crippen LogP contribution in [0.15, 0.2) is 30.3 Å². The van der Waals surface area contributed by atoms with Crippen molar-refractivity contribution in [2.75, 3.05) is 31.1 Å². The summed E-state index contributed by atoms with van der Waals surface area (Å²) in [6, 6.07) is 10.2. The molecule has 1 aromatic carbocycles. The first kappa shape index (κ1) is 19.0. The van der Waals surface area contributed by atoms with Gasteiger partial charge in [-0.3, -0.25) is 4.79 Å². The topological polar surface area (TPSA) is 67.2 Å². The molecule has 2 aliphatic heterocycles. The average Bonchev–Trinajstić information content (AvgIpc) is 3.43. The predicted molar refractivity (Wildman–Crippen MR) is 117 cm³/mol. The highest BCUT2D eigenvalue weighted by Gasteiger charge is 2.32. The number of amides is 1. The Morgan fingerprint density at radius 1 is 1.00 bits per heavy atom. The molecular weight excluding hydrogens is 376 g/mol. The Kier molecular flexibility index (Phi) is 4.89. The number of carbonyl (C=O) groups is 1. The van der Waals surface area contributed by atoms with Crippen LogP contribution in [0.4, 0.5) is 5.82 Å². The van der Waals surface area contributed by atoms with Crippen LogP contribution in [-0.2, 0) is 4.79 Å². The van der Waals surface area contributed by atoms with Crippen LogP contribution in [0.1, 0.15) is 37.1 Å². The van der Waals surface area contributed by atoms with Crippen LogP contribution in [0.2, 0.25) is 0 Å². The van der Waals surface area contributed by atoms with E-state index in [9.17, 15) is 4.79 Å². The lowest BCUT2D eigenvalue weighted by atomic mass is 9.96. The van der Waals surface area contributed by atoms with Gasteiger partial charge in [0.05, 0.1) is 28.4 Å². The molecule has 0 saturated carbocycles. The molecule has 1 unspecified atom stereocenters. The Balaban J connectivity index is 1.51. The lowest BCUT2D eigenvalue weighted by molar-refractivity contribution is -0.134. The van der Waals surface area contributed by atoms with E-state index in [1.165, 1.54) is 0 Å². The zero-order valence-corrected chi connectivity index (χ0v) is 17.7. The molecule has 5 rings (SSSR count). The first-order valence-electron chi connectivity index (χ1n) is 11.0. The molecule has 0 bridgehead atoms. The van der Waals surface area contributed by atoms with E-state index in [2.05, 4.69) is 34.2 Å². The summed E-state index contributed by atoms with van der Waals surface area (Å²) in [6.07, 6.45) is 4.19. The summed E-state index contributed by atoms with van der Waals surface area (Å²) in [5.41, 5.74) is 3.84. The maximum atomic E-state index is 13.0. The van der Waals surface area contributed by atoms with Gasteiger partial charge in [0.1, 0.15) is 5.52 Å². The van der Waals surface area contributed by atoms with Gasteiger partial charge in [0.2, 0.25) is 5.91 Å². The minimum Gasteiger partial charge on any atom is -0.352 e. The summed E-state index contributed by atoms with van der Waals surface area (Å²) >= 11 is 0. The Morgan fingerprint density at radius 2 is 1.77 bits per heavy atom. The Morgan fingerprint density at radius 3 is 2.53 bits per heavy atom. The molecule has 7 heteroatoms. The Hall–Kier alpha value is -2.96. The number of benzene rings is 1. The second kappa shape index (κ2) is 7.70. The highest BCUT2D eigenvalue weighted by molar-refractivity contribution is 5.92. The van der Waals surface area contributed by atoms with Crippen molar-refractivity contribution in [3.05, 3.63) is 41.7 Å². The third-order valence-electron chi connectivity index (χ3n) is 6.47. The number of nitrogens with zero attached hydrogens (tertiary/aromatic N) is 6. The summed E-state index contributed by atoms with van der Waals surface area (Å²) < 4.78 is 1.97. The van der Waals surface area contributed by atoms with E-state index in [0.29, 0.717) is 12.5 Å². The van der Waals surface area contributed by atoms with Gasteiger partial charge >= 0.3 is 0 Å². The van der Waals surface area contributed by atoms with Crippen LogP contribution >= 0.6 is 0 Å². The maximum absolute atomic E-state index is 13.0. The highest BCUT2D eigenvalue weighted by Crippen LogP contribution is 2.32. The summed E-state index contributed by atoms with van der Waals surface area (Å²) in [6.45, 7) is 7.46. The van der Waals surface area contributed by atoms with Gasteiger partial charge in [0.25, 0.3) is 0 Å². The number of rotatable bonds is 3. The number of para-hydroxylation sites is 1. The number of carbonyl (C=O) groups excluding carboxylic acids is 1. The number of likely N-dealkylation sites (tertiary alicyclic amines) is 1. The third-order valence-corrected chi connectivity index (χ3v) is 6.47. The fraction of sp³-hybridized carbons (Fsp3) is 0.478. The second-order valence-corrected chi connectivity index (χ2v) is 8.48. The zero-order valence-electron chi connectivity index (χ0n) is 17.7. The number of aryl methyl sites for hydroxylation is 2. The SMILES string of the molecule is Cc1nnc(N2CCCC(C(=O)N3CCCC3)C2)c2nn(-c3ccccc3)c(C)c12. The third kappa shape index (κ3) is 3.22. The van der Waals surface area contributed by atoms with Crippen molar-refractivity contribution < 1.29 is 4.79 Å². The smallest absolute Gasteiger partial charge is 0.227 e. The van der Waals surface area contributed by atoms with E-state index in [0.717, 1.165) is 79.1 Å². The van der Waals surface area contributed by atoms with Crippen molar-refractivity contribution in [2.24, 2.45) is 5.92 Å². The Bertz CT molecular complexity index is 1070. The fourth-order valence-corrected chi connectivity index (χ4v) is 4.91. The average molecular weight is 405 g/mol. The number of piperidine rings is 1. The molecule has 7 nitrogen and oxygen atoms in total. The molecule has 0 N–H and O–H groups in total. The normalized spacial score (nSPS) is 19.6. The van der Waals surface area contributed by atoms with Crippen molar-refractivity contribution in [3.63, 3.8) is 0 Å². The molecule has 2 aliphatic rings. The van der Waals surface area contributed by atoms with Crippen LogP contribution in [-0.4, -0.2) is 57.0 Å². The number of aromatic nitrogens is 4. The monoisotopic (exact) mass is 404 g/mol. The highest BCUT2D eigenvalue weighted by atomic mass is 16.2. The van der Waals surface area contributed by atoms with Gasteiger partial charge in [-0.05, 0) is 51.7 Å².